The van der Waals surface area contributed by atoms with E-state index in [4.69, 9.17) is 0 Å². The number of hydrogen-bond donors (Lipinski definition) is 1. The van der Waals surface area contributed by atoms with E-state index in [9.17, 15) is 0 Å². The smallest absolute Gasteiger partial charge is 0.152 e. The Bertz CT molecular complexity index is 605. The van der Waals surface area contributed by atoms with Gasteiger partial charge in [-0.2, -0.15) is 0 Å². The molecule has 0 fully saturated rings. The van der Waals surface area contributed by atoms with Gasteiger partial charge in [0, 0.05) is 25.7 Å². The lowest BCUT2D eigenvalue weighted by Crippen LogP contribution is -2.35. The maximum Gasteiger partial charge on any atom is 0.152 e. The minimum Gasteiger partial charge on any atom is -0.373 e. The van der Waals surface area contributed by atoms with E-state index in [1.54, 1.807) is 12.7 Å². The van der Waals surface area contributed by atoms with Crippen molar-refractivity contribution < 1.29 is 0 Å². The summed E-state index contributed by atoms with van der Waals surface area (Å²) in [6.45, 7) is 6.86. The zero-order valence-corrected chi connectivity index (χ0v) is 12.0. The van der Waals surface area contributed by atoms with Crippen LogP contribution in [0.25, 0.3) is 0 Å². The number of hydrogen-bond acceptors (Lipinski definition) is 6. The van der Waals surface area contributed by atoms with E-state index in [2.05, 4.69) is 48.8 Å². The van der Waals surface area contributed by atoms with Crippen LogP contribution >= 0.6 is 0 Å². The molecule has 0 atom stereocenters. The van der Waals surface area contributed by atoms with Gasteiger partial charge in [-0.15, -0.1) is 10.2 Å². The van der Waals surface area contributed by atoms with Gasteiger partial charge in [0.2, 0.25) is 0 Å². The highest BCUT2D eigenvalue weighted by atomic mass is 15.3. The summed E-state index contributed by atoms with van der Waals surface area (Å²) in [6, 6.07) is 0. The van der Waals surface area contributed by atoms with Gasteiger partial charge in [0.1, 0.15) is 24.3 Å². The summed E-state index contributed by atoms with van der Waals surface area (Å²) in [4.78, 5) is 11.1. The lowest BCUT2D eigenvalue weighted by molar-refractivity contribution is 0.553. The van der Waals surface area contributed by atoms with Crippen molar-refractivity contribution in [1.82, 2.24) is 24.7 Å². The zero-order valence-electron chi connectivity index (χ0n) is 12.0. The number of anilines is 2. The van der Waals surface area contributed by atoms with Gasteiger partial charge >= 0.3 is 0 Å². The van der Waals surface area contributed by atoms with Crippen molar-refractivity contribution in [3.05, 3.63) is 24.0 Å². The van der Waals surface area contributed by atoms with Crippen LogP contribution in [0, 0.1) is 0 Å². The average molecular weight is 273 g/mol. The Morgan fingerprint density at radius 3 is 2.85 bits per heavy atom. The van der Waals surface area contributed by atoms with Crippen LogP contribution in [0.2, 0.25) is 0 Å². The lowest BCUT2D eigenvalue weighted by atomic mass is 10.0. The van der Waals surface area contributed by atoms with Gasteiger partial charge < -0.3 is 14.8 Å². The highest BCUT2D eigenvalue weighted by Crippen LogP contribution is 2.31. The summed E-state index contributed by atoms with van der Waals surface area (Å²) in [6.07, 6.45) is 3.40. The highest BCUT2D eigenvalue weighted by molar-refractivity contribution is 5.60. The first-order chi connectivity index (χ1) is 9.70. The Labute approximate surface area is 118 Å². The fraction of sp³-hybridized carbons (Fsp3) is 0.538. The minimum absolute atomic E-state index is 0.355. The lowest BCUT2D eigenvalue weighted by Gasteiger charge is -2.30. The van der Waals surface area contributed by atoms with E-state index in [1.165, 1.54) is 0 Å². The topological polar surface area (TPSA) is 71.8 Å². The number of rotatable bonds is 3. The summed E-state index contributed by atoms with van der Waals surface area (Å²) in [5.74, 6) is 3.23. The predicted octanol–water partition coefficient (Wildman–Crippen LogP) is 1.25. The third-order valence-electron chi connectivity index (χ3n) is 3.62. The van der Waals surface area contributed by atoms with E-state index in [0.717, 1.165) is 42.7 Å². The first kappa shape index (κ1) is 12.8. The van der Waals surface area contributed by atoms with Crippen LogP contribution in [0.3, 0.4) is 0 Å². The van der Waals surface area contributed by atoms with Crippen molar-refractivity contribution in [2.45, 2.75) is 32.9 Å². The van der Waals surface area contributed by atoms with Crippen LogP contribution in [0.5, 0.6) is 0 Å². The average Bonchev–Trinajstić information content (AvgIpc) is 2.93. The summed E-state index contributed by atoms with van der Waals surface area (Å²) in [5.41, 5.74) is 1.16. The second-order valence-corrected chi connectivity index (χ2v) is 5.23. The molecule has 2 aromatic rings. The quantitative estimate of drug-likeness (QED) is 0.907. The van der Waals surface area contributed by atoms with Crippen LogP contribution in [-0.2, 0) is 13.1 Å². The van der Waals surface area contributed by atoms with Crippen LogP contribution < -0.4 is 10.2 Å². The number of nitrogens with one attached hydrogen (secondary N) is 1. The second-order valence-electron chi connectivity index (χ2n) is 5.23. The van der Waals surface area contributed by atoms with E-state index in [1.807, 2.05) is 7.05 Å². The molecule has 0 saturated carbocycles. The number of fused-ring (bicyclic) bond motifs is 1. The molecule has 1 N–H and O–H groups in total. The number of nitrogens with zero attached hydrogens (tertiary/aromatic N) is 6. The molecule has 1 aliphatic heterocycles. The van der Waals surface area contributed by atoms with E-state index in [-0.39, 0.29) is 0 Å². The predicted molar refractivity (Wildman–Crippen MR) is 76.7 cm³/mol. The molecule has 106 valence electrons. The molecule has 2 aromatic heterocycles. The molecule has 0 amide bonds. The van der Waals surface area contributed by atoms with Crippen molar-refractivity contribution in [3.8, 4) is 0 Å². The molecule has 7 nitrogen and oxygen atoms in total. The van der Waals surface area contributed by atoms with Gasteiger partial charge in [0.25, 0.3) is 0 Å². The fourth-order valence-corrected chi connectivity index (χ4v) is 2.62. The standard InChI is InChI=1S/C13H19N7/c1-9(2)11-12(14-3)15-7-16-13(11)19-4-5-20-8-17-18-10(20)6-19/h7-9H,4-6H2,1-3H3,(H,14,15,16). The van der Waals surface area contributed by atoms with Gasteiger partial charge in [0.15, 0.2) is 5.82 Å². The van der Waals surface area contributed by atoms with Gasteiger partial charge in [-0.1, -0.05) is 13.8 Å². The molecule has 7 heteroatoms. The Hall–Kier alpha value is -2.18. The van der Waals surface area contributed by atoms with Gasteiger partial charge in [-0.25, -0.2) is 9.97 Å². The number of aromatic nitrogens is 5. The molecular formula is C13H19N7. The van der Waals surface area contributed by atoms with Crippen LogP contribution in [-0.4, -0.2) is 38.3 Å². The molecule has 20 heavy (non-hydrogen) atoms. The first-order valence-corrected chi connectivity index (χ1v) is 6.85. The molecule has 0 aromatic carbocycles. The van der Waals surface area contributed by atoms with Crippen molar-refractivity contribution in [3.63, 3.8) is 0 Å². The van der Waals surface area contributed by atoms with Crippen LogP contribution in [0.1, 0.15) is 31.2 Å². The first-order valence-electron chi connectivity index (χ1n) is 6.85. The van der Waals surface area contributed by atoms with Crippen LogP contribution in [0.4, 0.5) is 11.6 Å². The van der Waals surface area contributed by atoms with Crippen molar-refractivity contribution in [1.29, 1.82) is 0 Å². The van der Waals surface area contributed by atoms with Gasteiger partial charge in [-0.3, -0.25) is 0 Å². The van der Waals surface area contributed by atoms with E-state index < -0.39 is 0 Å². The second kappa shape index (κ2) is 5.07. The van der Waals surface area contributed by atoms with Gasteiger partial charge in [0.05, 0.1) is 6.54 Å². The third kappa shape index (κ3) is 2.09. The van der Waals surface area contributed by atoms with Crippen molar-refractivity contribution >= 4 is 11.6 Å². The fourth-order valence-electron chi connectivity index (χ4n) is 2.62. The minimum atomic E-state index is 0.355. The summed E-state index contributed by atoms with van der Waals surface area (Å²) in [7, 11) is 1.89. The Kier molecular flexibility index (Phi) is 3.25. The van der Waals surface area contributed by atoms with Crippen LogP contribution in [0.15, 0.2) is 12.7 Å². The maximum atomic E-state index is 4.51. The molecule has 3 rings (SSSR count). The molecule has 1 aliphatic rings. The van der Waals surface area contributed by atoms with Crippen molar-refractivity contribution in [2.75, 3.05) is 23.8 Å². The third-order valence-corrected chi connectivity index (χ3v) is 3.62. The summed E-state index contributed by atoms with van der Waals surface area (Å²) >= 11 is 0. The molecule has 0 bridgehead atoms. The monoisotopic (exact) mass is 273 g/mol. The maximum absolute atomic E-state index is 4.51. The molecular weight excluding hydrogens is 254 g/mol. The van der Waals surface area contributed by atoms with E-state index in [0.29, 0.717) is 5.92 Å². The molecule has 0 radical (unpaired) electrons. The Morgan fingerprint density at radius 1 is 1.25 bits per heavy atom. The molecule has 0 spiro atoms. The SMILES string of the molecule is CNc1ncnc(N2CCn3cnnc3C2)c1C(C)C. The Balaban J connectivity index is 1.99. The Morgan fingerprint density at radius 2 is 2.10 bits per heavy atom. The largest absolute Gasteiger partial charge is 0.373 e. The molecule has 0 aliphatic carbocycles. The molecule has 0 saturated heterocycles. The van der Waals surface area contributed by atoms with Crippen molar-refractivity contribution in [2.24, 2.45) is 0 Å². The highest BCUT2D eigenvalue weighted by Gasteiger charge is 2.23. The summed E-state index contributed by atoms with van der Waals surface area (Å²) in [5, 5.41) is 11.3. The van der Waals surface area contributed by atoms with Gasteiger partial charge in [-0.05, 0) is 5.92 Å². The summed E-state index contributed by atoms with van der Waals surface area (Å²) < 4.78 is 2.09. The normalized spacial score (nSPS) is 14.5. The molecule has 3 heterocycles. The molecule has 0 unspecified atom stereocenters. The van der Waals surface area contributed by atoms with E-state index >= 15 is 0 Å². The zero-order chi connectivity index (χ0) is 14.1.